The third kappa shape index (κ3) is 3.68. The normalized spacial score (nSPS) is 18.3. The van der Waals surface area contributed by atoms with Gasteiger partial charge in [0.15, 0.2) is 17.3 Å². The predicted octanol–water partition coefficient (Wildman–Crippen LogP) is 4.17. The lowest BCUT2D eigenvalue weighted by Crippen LogP contribution is -2.50. The molecule has 10 heteroatoms. The number of amides is 1. The van der Waals surface area contributed by atoms with Crippen molar-refractivity contribution in [2.45, 2.75) is 18.3 Å². The first-order valence-corrected chi connectivity index (χ1v) is 8.79. The summed E-state index contributed by atoms with van der Waals surface area (Å²) < 4.78 is 66.4. The molecule has 0 spiro atoms. The fourth-order valence-electron chi connectivity index (χ4n) is 3.37. The van der Waals surface area contributed by atoms with Gasteiger partial charge in [0.05, 0.1) is 12.9 Å². The molecule has 6 nitrogen and oxygen atoms in total. The number of alkyl halides is 3. The van der Waals surface area contributed by atoms with Gasteiger partial charge in [0, 0.05) is 12.6 Å². The number of hydrogen-bond donors (Lipinski definition) is 1. The van der Waals surface area contributed by atoms with E-state index in [1.807, 2.05) is 0 Å². The minimum atomic E-state index is -5.04. The van der Waals surface area contributed by atoms with Gasteiger partial charge in [-0.2, -0.15) is 0 Å². The van der Waals surface area contributed by atoms with Crippen molar-refractivity contribution >= 4 is 5.91 Å². The van der Waals surface area contributed by atoms with Gasteiger partial charge in [0.1, 0.15) is 17.0 Å². The van der Waals surface area contributed by atoms with Crippen LogP contribution >= 0.6 is 0 Å². The molecule has 4 rings (SSSR count). The molecule has 1 aromatic carbocycles. The molecular weight excluding hydrogens is 408 g/mol. The molecule has 3 heterocycles. The monoisotopic (exact) mass is 422 g/mol. The smallest absolute Gasteiger partial charge is 0.491 e. The highest BCUT2D eigenvalue weighted by Gasteiger charge is 2.43. The minimum Gasteiger partial charge on any atom is -0.491 e. The van der Waals surface area contributed by atoms with Crippen LogP contribution in [0.2, 0.25) is 0 Å². The second-order valence-corrected chi connectivity index (χ2v) is 6.48. The maximum atomic E-state index is 14.5. The van der Waals surface area contributed by atoms with Gasteiger partial charge in [-0.1, -0.05) is 6.07 Å². The number of fused-ring (bicyclic) bond motifs is 1. The molecule has 1 unspecified atom stereocenters. The lowest BCUT2D eigenvalue weighted by Gasteiger charge is -2.38. The van der Waals surface area contributed by atoms with E-state index in [0.29, 0.717) is 11.4 Å². The molecule has 1 aliphatic heterocycles. The second-order valence-electron chi connectivity index (χ2n) is 6.48. The first-order chi connectivity index (χ1) is 14.3. The summed E-state index contributed by atoms with van der Waals surface area (Å²) in [4.78, 5) is 17.1. The molecule has 0 saturated heterocycles. The van der Waals surface area contributed by atoms with Crippen LogP contribution in [0.15, 0.2) is 59.3 Å². The Kier molecular flexibility index (Phi) is 4.84. The Balaban J connectivity index is 1.81. The van der Waals surface area contributed by atoms with Gasteiger partial charge < -0.3 is 19.2 Å². The van der Waals surface area contributed by atoms with Crippen molar-refractivity contribution in [1.82, 2.24) is 10.3 Å². The maximum absolute atomic E-state index is 14.5. The summed E-state index contributed by atoms with van der Waals surface area (Å²) in [7, 11) is 0. The average Bonchev–Trinajstić information content (AvgIpc) is 3.24. The Hall–Kier alpha value is -3.56. The number of hydrogen-bond acceptors (Lipinski definition) is 5. The van der Waals surface area contributed by atoms with E-state index in [1.54, 1.807) is 12.1 Å². The summed E-state index contributed by atoms with van der Waals surface area (Å²) in [5.74, 6) is -2.45. The van der Waals surface area contributed by atoms with Gasteiger partial charge in [-0.25, -0.2) is 4.39 Å². The van der Waals surface area contributed by atoms with E-state index in [0.717, 1.165) is 12.1 Å². The quantitative estimate of drug-likeness (QED) is 0.639. The van der Waals surface area contributed by atoms with E-state index in [-0.39, 0.29) is 24.4 Å². The average molecular weight is 422 g/mol. The van der Waals surface area contributed by atoms with Crippen LogP contribution < -0.4 is 14.8 Å². The predicted molar refractivity (Wildman–Crippen MR) is 94.4 cm³/mol. The summed E-state index contributed by atoms with van der Waals surface area (Å²) in [5, 5.41) is 2.80. The number of carbonyl (C=O) groups is 1. The van der Waals surface area contributed by atoms with Crippen LogP contribution in [0.3, 0.4) is 0 Å². The molecule has 1 N–H and O–H groups in total. The molecular formula is C20H14F4N2O4. The summed E-state index contributed by atoms with van der Waals surface area (Å²) in [6, 6.07) is 9.22. The topological polar surface area (TPSA) is 73.6 Å². The third-order valence-corrected chi connectivity index (χ3v) is 4.63. The molecule has 0 saturated carbocycles. The van der Waals surface area contributed by atoms with Crippen molar-refractivity contribution in [3.8, 4) is 11.5 Å². The molecule has 30 heavy (non-hydrogen) atoms. The van der Waals surface area contributed by atoms with Crippen molar-refractivity contribution in [2.24, 2.45) is 0 Å². The molecule has 0 aliphatic carbocycles. The number of aromatic nitrogens is 1. The molecule has 1 amide bonds. The van der Waals surface area contributed by atoms with Gasteiger partial charge >= 0.3 is 6.36 Å². The molecule has 0 bridgehead atoms. The van der Waals surface area contributed by atoms with Gasteiger partial charge in [-0.15, -0.1) is 13.2 Å². The van der Waals surface area contributed by atoms with E-state index < -0.39 is 29.4 Å². The zero-order valence-corrected chi connectivity index (χ0v) is 15.2. The molecule has 3 aromatic rings. The Morgan fingerprint density at radius 2 is 2.03 bits per heavy atom. The fourth-order valence-corrected chi connectivity index (χ4v) is 3.37. The fraction of sp³-hybridized carbons (Fsp3) is 0.200. The van der Waals surface area contributed by atoms with Crippen LogP contribution in [0, 0.1) is 5.82 Å². The van der Waals surface area contributed by atoms with Gasteiger partial charge in [0.2, 0.25) is 0 Å². The first-order valence-electron chi connectivity index (χ1n) is 8.79. The van der Waals surface area contributed by atoms with Crippen molar-refractivity contribution in [1.29, 1.82) is 0 Å². The minimum absolute atomic E-state index is 0.0100. The number of furan rings is 1. The summed E-state index contributed by atoms with van der Waals surface area (Å²) >= 11 is 0. The summed E-state index contributed by atoms with van der Waals surface area (Å²) in [6.07, 6.45) is -2.09. The number of pyridine rings is 1. The number of halogens is 4. The van der Waals surface area contributed by atoms with Crippen molar-refractivity contribution < 1.29 is 36.2 Å². The Morgan fingerprint density at radius 3 is 2.73 bits per heavy atom. The highest BCUT2D eigenvalue weighted by Crippen LogP contribution is 2.42. The lowest BCUT2D eigenvalue weighted by atomic mass is 9.81. The van der Waals surface area contributed by atoms with E-state index >= 15 is 0 Å². The molecule has 1 aliphatic rings. The Morgan fingerprint density at radius 1 is 1.20 bits per heavy atom. The number of ether oxygens (including phenoxy) is 2. The van der Waals surface area contributed by atoms with Crippen molar-refractivity contribution in [3.05, 3.63) is 77.8 Å². The SMILES string of the molecule is O=C(NC1(c2ccc(OC(F)(F)F)c(F)c2)CCOc2cccnc21)c1ccco1. The summed E-state index contributed by atoms with van der Waals surface area (Å²) in [5.41, 5.74) is -0.895. The van der Waals surface area contributed by atoms with Crippen LogP contribution in [-0.2, 0) is 5.54 Å². The highest BCUT2D eigenvalue weighted by molar-refractivity contribution is 5.92. The standard InChI is InChI=1S/C20H14F4N2O4/c21-13-11-12(5-6-14(13)30-20(22,23)24)19(26-18(27)16-4-2-9-28-16)7-10-29-15-3-1-8-25-17(15)19/h1-6,8-9,11H,7,10H2,(H,26,27). The first kappa shape index (κ1) is 19.7. The van der Waals surface area contributed by atoms with Gasteiger partial charge in [0.25, 0.3) is 5.91 Å². The van der Waals surface area contributed by atoms with E-state index in [4.69, 9.17) is 9.15 Å². The zero-order valence-electron chi connectivity index (χ0n) is 15.2. The molecule has 2 aromatic heterocycles. The molecule has 1 atom stereocenters. The van der Waals surface area contributed by atoms with Crippen LogP contribution in [0.5, 0.6) is 11.5 Å². The Bertz CT molecular complexity index is 1070. The van der Waals surface area contributed by atoms with Crippen LogP contribution in [-0.4, -0.2) is 23.9 Å². The van der Waals surface area contributed by atoms with Crippen LogP contribution in [0.25, 0.3) is 0 Å². The van der Waals surface area contributed by atoms with E-state index in [2.05, 4.69) is 15.0 Å². The van der Waals surface area contributed by atoms with E-state index in [1.165, 1.54) is 30.7 Å². The zero-order chi connectivity index (χ0) is 21.4. The molecule has 0 fully saturated rings. The second kappa shape index (κ2) is 7.36. The number of nitrogens with zero attached hydrogens (tertiary/aromatic N) is 1. The largest absolute Gasteiger partial charge is 0.573 e. The lowest BCUT2D eigenvalue weighted by molar-refractivity contribution is -0.275. The van der Waals surface area contributed by atoms with Gasteiger partial charge in [-0.05, 0) is 42.0 Å². The number of nitrogens with one attached hydrogen (secondary N) is 1. The van der Waals surface area contributed by atoms with Crippen molar-refractivity contribution in [3.63, 3.8) is 0 Å². The van der Waals surface area contributed by atoms with Crippen LogP contribution in [0.1, 0.15) is 28.2 Å². The highest BCUT2D eigenvalue weighted by atomic mass is 19.4. The van der Waals surface area contributed by atoms with Gasteiger partial charge in [-0.3, -0.25) is 9.78 Å². The molecule has 156 valence electrons. The number of carbonyl (C=O) groups excluding carboxylic acids is 1. The van der Waals surface area contributed by atoms with Crippen LogP contribution in [0.4, 0.5) is 17.6 Å². The number of benzene rings is 1. The Labute approximate surface area is 167 Å². The summed E-state index contributed by atoms with van der Waals surface area (Å²) in [6.45, 7) is 0.152. The van der Waals surface area contributed by atoms with E-state index in [9.17, 15) is 22.4 Å². The van der Waals surface area contributed by atoms with Crippen molar-refractivity contribution in [2.75, 3.05) is 6.61 Å². The maximum Gasteiger partial charge on any atom is 0.573 e. The third-order valence-electron chi connectivity index (χ3n) is 4.63. The molecule has 0 radical (unpaired) electrons. The number of rotatable bonds is 4.